The summed E-state index contributed by atoms with van der Waals surface area (Å²) in [7, 11) is 0. The van der Waals surface area contributed by atoms with E-state index in [0.29, 0.717) is 59.2 Å². The summed E-state index contributed by atoms with van der Waals surface area (Å²) in [5.41, 5.74) is 0. The Hall–Kier alpha value is -1.95. The second-order valence-electron chi connectivity index (χ2n) is 7.56. The van der Waals surface area contributed by atoms with E-state index in [4.69, 9.17) is 24.1 Å². The lowest BCUT2D eigenvalue weighted by atomic mass is 10.0. The van der Waals surface area contributed by atoms with Crippen LogP contribution in [0.5, 0.6) is 0 Å². The molecule has 0 aromatic carbocycles. The first-order valence-corrected chi connectivity index (χ1v) is 11.4. The number of rotatable bonds is 21. The third-order valence-electron chi connectivity index (χ3n) is 4.84. The van der Waals surface area contributed by atoms with Crippen molar-refractivity contribution in [2.24, 2.45) is 0 Å². The Morgan fingerprint density at radius 1 is 0.844 bits per heavy atom. The van der Waals surface area contributed by atoms with Crippen molar-refractivity contribution in [1.82, 2.24) is 16.0 Å². The van der Waals surface area contributed by atoms with Crippen LogP contribution in [0.4, 0.5) is 4.79 Å². The van der Waals surface area contributed by atoms with Crippen molar-refractivity contribution in [1.29, 1.82) is 0 Å². The van der Waals surface area contributed by atoms with Gasteiger partial charge in [-0.2, -0.15) is 0 Å². The van der Waals surface area contributed by atoms with E-state index in [1.165, 1.54) is 0 Å². The maximum absolute atomic E-state index is 11.8. The Balaban J connectivity index is 1.75. The largest absolute Gasteiger partial charge is 0.481 e. The van der Waals surface area contributed by atoms with E-state index in [2.05, 4.69) is 16.0 Å². The van der Waals surface area contributed by atoms with Gasteiger partial charge in [0.1, 0.15) is 0 Å². The molecule has 1 saturated heterocycles. The molecule has 0 aliphatic carbocycles. The minimum atomic E-state index is -0.879. The van der Waals surface area contributed by atoms with Gasteiger partial charge in [-0.3, -0.25) is 9.59 Å². The number of hydrogen-bond donors (Lipinski definition) is 4. The molecule has 0 spiro atoms. The maximum Gasteiger partial charge on any atom is 0.315 e. The van der Waals surface area contributed by atoms with Crippen molar-refractivity contribution in [2.45, 2.75) is 57.5 Å². The molecule has 32 heavy (non-hydrogen) atoms. The molecule has 1 aliphatic heterocycles. The molecule has 0 saturated carbocycles. The Labute approximate surface area is 189 Å². The van der Waals surface area contributed by atoms with E-state index in [1.807, 2.05) is 6.92 Å². The number of ether oxygens (including phenoxy) is 4. The second kappa shape index (κ2) is 18.6. The summed E-state index contributed by atoms with van der Waals surface area (Å²) in [6.45, 7) is 5.61. The fourth-order valence-corrected chi connectivity index (χ4v) is 3.06. The minimum absolute atomic E-state index is 0.00619. The van der Waals surface area contributed by atoms with Crippen molar-refractivity contribution >= 4 is 17.9 Å². The van der Waals surface area contributed by atoms with Crippen LogP contribution in [0.1, 0.15) is 45.4 Å². The lowest BCUT2D eigenvalue weighted by Gasteiger charge is -2.13. The highest BCUT2D eigenvalue weighted by Crippen LogP contribution is 2.11. The number of carboxylic acids is 1. The number of amides is 3. The predicted octanol–water partition coefficient (Wildman–Crippen LogP) is 0.664. The van der Waals surface area contributed by atoms with E-state index >= 15 is 0 Å². The Kier molecular flexibility index (Phi) is 16.3. The average Bonchev–Trinajstić information content (AvgIpc) is 3.07. The first-order valence-electron chi connectivity index (χ1n) is 11.4. The molecule has 1 fully saturated rings. The Morgan fingerprint density at radius 3 is 2.00 bits per heavy atom. The van der Waals surface area contributed by atoms with Gasteiger partial charge in [-0.05, 0) is 19.8 Å². The molecule has 0 aromatic heterocycles. The number of carboxylic acid groups (broad SMARTS) is 1. The van der Waals surface area contributed by atoms with Crippen molar-refractivity contribution in [3.05, 3.63) is 0 Å². The Morgan fingerprint density at radius 2 is 1.44 bits per heavy atom. The lowest BCUT2D eigenvalue weighted by Crippen LogP contribution is -2.30. The van der Waals surface area contributed by atoms with Gasteiger partial charge in [0.15, 0.2) is 0 Å². The van der Waals surface area contributed by atoms with Crippen molar-refractivity contribution in [2.75, 3.05) is 59.4 Å². The first kappa shape index (κ1) is 28.1. The zero-order chi connectivity index (χ0) is 23.4. The van der Waals surface area contributed by atoms with Gasteiger partial charge >= 0.3 is 12.0 Å². The van der Waals surface area contributed by atoms with E-state index in [1.54, 1.807) is 0 Å². The third kappa shape index (κ3) is 15.8. The third-order valence-corrected chi connectivity index (χ3v) is 4.84. The summed E-state index contributed by atoms with van der Waals surface area (Å²) in [6.07, 6.45) is 4.19. The minimum Gasteiger partial charge on any atom is -0.481 e. The highest BCUT2D eigenvalue weighted by molar-refractivity contribution is 5.77. The number of nitrogens with one attached hydrogen (secondary N) is 3. The van der Waals surface area contributed by atoms with Gasteiger partial charge in [0.25, 0.3) is 0 Å². The maximum atomic E-state index is 11.8. The van der Waals surface area contributed by atoms with Gasteiger partial charge in [-0.15, -0.1) is 0 Å². The number of carbonyl (C=O) groups is 3. The standard InChI is InChI=1S/C21H39N3O8/c1-17-18(24-21(28)23-17)5-3-2-4-6-19(25)22-8-10-30-12-14-32-16-15-31-13-11-29-9-7-20(26)27/h17-18H,2-16H2,1H3,(H,22,25)(H,26,27)(H2,23,24,28)/t17-,18+/m0/s1. The van der Waals surface area contributed by atoms with Crippen LogP contribution in [-0.2, 0) is 28.5 Å². The lowest BCUT2D eigenvalue weighted by molar-refractivity contribution is -0.138. The van der Waals surface area contributed by atoms with Crippen LogP contribution in [0.3, 0.4) is 0 Å². The van der Waals surface area contributed by atoms with E-state index in [9.17, 15) is 14.4 Å². The van der Waals surface area contributed by atoms with Gasteiger partial charge in [0.2, 0.25) is 5.91 Å². The molecule has 0 bridgehead atoms. The topological polar surface area (TPSA) is 144 Å². The zero-order valence-electron chi connectivity index (χ0n) is 19.1. The zero-order valence-corrected chi connectivity index (χ0v) is 19.1. The molecule has 186 valence electrons. The molecule has 0 unspecified atom stereocenters. The molecule has 0 aromatic rings. The molecule has 2 atom stereocenters. The van der Waals surface area contributed by atoms with Crippen molar-refractivity contribution in [3.8, 4) is 0 Å². The number of aliphatic carboxylic acids is 1. The van der Waals surface area contributed by atoms with Crippen LogP contribution in [0.25, 0.3) is 0 Å². The van der Waals surface area contributed by atoms with E-state index < -0.39 is 5.97 Å². The van der Waals surface area contributed by atoms with Gasteiger partial charge in [-0.1, -0.05) is 12.8 Å². The van der Waals surface area contributed by atoms with E-state index in [0.717, 1.165) is 25.7 Å². The van der Waals surface area contributed by atoms with E-state index in [-0.39, 0.29) is 37.0 Å². The quantitative estimate of drug-likeness (QED) is 0.183. The second-order valence-corrected chi connectivity index (χ2v) is 7.56. The molecule has 0 radical (unpaired) electrons. The molecule has 3 amide bonds. The van der Waals surface area contributed by atoms with Gasteiger partial charge in [0.05, 0.1) is 65.3 Å². The summed E-state index contributed by atoms with van der Waals surface area (Å²) in [5.74, 6) is -0.852. The molecule has 11 nitrogen and oxygen atoms in total. The average molecular weight is 462 g/mol. The van der Waals surface area contributed by atoms with Gasteiger partial charge in [0, 0.05) is 19.0 Å². The Bertz CT molecular complexity index is 535. The molecular formula is C21H39N3O8. The summed E-state index contributed by atoms with van der Waals surface area (Å²) in [5, 5.41) is 17.0. The SMILES string of the molecule is C[C@@H]1NC(=O)N[C@@H]1CCCCCC(=O)NCCOCCOCCOCCOCCC(=O)O. The van der Waals surface area contributed by atoms with Crippen LogP contribution in [0, 0.1) is 0 Å². The molecule has 1 aliphatic rings. The van der Waals surface area contributed by atoms with Crippen LogP contribution in [0.15, 0.2) is 0 Å². The molecule has 4 N–H and O–H groups in total. The predicted molar refractivity (Wildman–Crippen MR) is 117 cm³/mol. The van der Waals surface area contributed by atoms with Crippen LogP contribution < -0.4 is 16.0 Å². The van der Waals surface area contributed by atoms with Crippen molar-refractivity contribution in [3.63, 3.8) is 0 Å². The highest BCUT2D eigenvalue weighted by Gasteiger charge is 2.26. The smallest absolute Gasteiger partial charge is 0.315 e. The summed E-state index contributed by atoms with van der Waals surface area (Å²) in [4.78, 5) is 33.3. The summed E-state index contributed by atoms with van der Waals surface area (Å²) < 4.78 is 21.1. The highest BCUT2D eigenvalue weighted by atomic mass is 16.6. The van der Waals surface area contributed by atoms with Crippen LogP contribution >= 0.6 is 0 Å². The molecular weight excluding hydrogens is 422 g/mol. The van der Waals surface area contributed by atoms with Crippen LogP contribution in [-0.4, -0.2) is 94.5 Å². The first-order chi connectivity index (χ1) is 15.5. The number of unbranched alkanes of at least 4 members (excludes halogenated alkanes) is 2. The summed E-state index contributed by atoms with van der Waals surface area (Å²) >= 11 is 0. The van der Waals surface area contributed by atoms with Crippen LogP contribution in [0.2, 0.25) is 0 Å². The number of hydrogen-bond acceptors (Lipinski definition) is 7. The fraction of sp³-hybridized carbons (Fsp3) is 0.857. The summed E-state index contributed by atoms with van der Waals surface area (Å²) in [6, 6.07) is 0.243. The van der Waals surface area contributed by atoms with Gasteiger partial charge < -0.3 is 40.0 Å². The fourth-order valence-electron chi connectivity index (χ4n) is 3.06. The number of carbonyl (C=O) groups excluding carboxylic acids is 2. The number of urea groups is 1. The van der Waals surface area contributed by atoms with Crippen molar-refractivity contribution < 1.29 is 38.4 Å². The molecule has 1 heterocycles. The normalized spacial score (nSPS) is 17.7. The van der Waals surface area contributed by atoms with Gasteiger partial charge in [-0.25, -0.2) is 4.79 Å². The molecule has 1 rings (SSSR count). The molecule has 11 heteroatoms. The monoisotopic (exact) mass is 461 g/mol.